The average Bonchev–Trinajstić information content (AvgIpc) is 3.12. The summed E-state index contributed by atoms with van der Waals surface area (Å²) in [4.78, 5) is 22.8. The van der Waals surface area contributed by atoms with E-state index < -0.39 is 0 Å². The van der Waals surface area contributed by atoms with E-state index in [4.69, 9.17) is 9.78 Å². The molecule has 0 spiro atoms. The minimum atomic E-state index is -0.268. The molecule has 0 bridgehead atoms. The molecule has 0 aromatic carbocycles. The molecule has 8 heteroatoms. The Bertz CT molecular complexity index is 805. The summed E-state index contributed by atoms with van der Waals surface area (Å²) in [5, 5.41) is 15.5. The fourth-order valence-electron chi connectivity index (χ4n) is 3.03. The number of hydrogen-bond acceptors (Lipinski definition) is 7. The summed E-state index contributed by atoms with van der Waals surface area (Å²) >= 11 is 0. The van der Waals surface area contributed by atoms with Crippen LogP contribution in [0.5, 0.6) is 0 Å². The van der Waals surface area contributed by atoms with Gasteiger partial charge in [-0.15, -0.1) is 0 Å². The van der Waals surface area contributed by atoms with Crippen LogP contribution >= 0.6 is 0 Å². The number of pyridine rings is 1. The highest BCUT2D eigenvalue weighted by molar-refractivity contribution is 5.90. The van der Waals surface area contributed by atoms with Crippen LogP contribution in [0.3, 0.4) is 0 Å². The lowest BCUT2D eigenvalue weighted by molar-refractivity contribution is 0.0937. The van der Waals surface area contributed by atoms with Gasteiger partial charge in [-0.2, -0.15) is 10.2 Å². The summed E-state index contributed by atoms with van der Waals surface area (Å²) in [5.41, 5.74) is 1.43. The van der Waals surface area contributed by atoms with Gasteiger partial charge >= 0.3 is 0 Å². The molecule has 8 nitrogen and oxygen atoms in total. The van der Waals surface area contributed by atoms with Gasteiger partial charge in [-0.25, -0.2) is 0 Å². The van der Waals surface area contributed by atoms with Crippen LogP contribution in [-0.2, 0) is 6.54 Å². The number of amides is 1. The molecule has 4 rings (SSSR count). The Labute approximate surface area is 144 Å². The first-order valence-corrected chi connectivity index (χ1v) is 8.46. The van der Waals surface area contributed by atoms with Gasteiger partial charge in [0.05, 0.1) is 17.3 Å². The third-order valence-corrected chi connectivity index (χ3v) is 4.53. The molecule has 1 N–H and O–H groups in total. The summed E-state index contributed by atoms with van der Waals surface area (Å²) in [5.74, 6) is 0.313. The molecule has 1 aliphatic heterocycles. The van der Waals surface area contributed by atoms with Gasteiger partial charge in [-0.05, 0) is 44.4 Å². The van der Waals surface area contributed by atoms with Gasteiger partial charge in [0.25, 0.3) is 11.7 Å². The van der Waals surface area contributed by atoms with Crippen molar-refractivity contribution in [1.29, 1.82) is 5.26 Å². The van der Waals surface area contributed by atoms with Crippen molar-refractivity contribution in [2.75, 3.05) is 6.54 Å². The van der Waals surface area contributed by atoms with Gasteiger partial charge in [0.15, 0.2) is 0 Å². The number of hydrogen-bond donors (Lipinski definition) is 1. The third kappa shape index (κ3) is 3.51. The predicted octanol–water partition coefficient (Wildman–Crippen LogP) is 1.57. The molecule has 3 heterocycles. The molecule has 0 radical (unpaired) electrons. The monoisotopic (exact) mass is 338 g/mol. The lowest BCUT2D eigenvalue weighted by atomic mass is 10.2. The Hall–Kier alpha value is -2.79. The van der Waals surface area contributed by atoms with E-state index in [-0.39, 0.29) is 23.8 Å². The molecule has 128 valence electrons. The normalized spacial score (nSPS) is 20.4. The Morgan fingerprint density at radius 3 is 3.00 bits per heavy atom. The Kier molecular flexibility index (Phi) is 4.15. The van der Waals surface area contributed by atoms with Crippen LogP contribution in [0.4, 0.5) is 0 Å². The van der Waals surface area contributed by atoms with E-state index in [0.717, 1.165) is 37.9 Å². The summed E-state index contributed by atoms with van der Waals surface area (Å²) in [6.45, 7) is 1.54. The summed E-state index contributed by atoms with van der Waals surface area (Å²) in [6, 6.07) is 5.94. The fraction of sp³-hybridized carbons (Fsp3) is 0.471. The van der Waals surface area contributed by atoms with Crippen molar-refractivity contribution in [2.24, 2.45) is 0 Å². The van der Waals surface area contributed by atoms with E-state index in [9.17, 15) is 4.79 Å². The lowest BCUT2D eigenvalue weighted by Crippen LogP contribution is -2.27. The van der Waals surface area contributed by atoms with Crippen LogP contribution in [0.25, 0.3) is 0 Å². The Morgan fingerprint density at radius 1 is 1.40 bits per heavy atom. The quantitative estimate of drug-likeness (QED) is 0.881. The average molecular weight is 338 g/mol. The summed E-state index contributed by atoms with van der Waals surface area (Å²) in [6.07, 6.45) is 5.54. The first-order chi connectivity index (χ1) is 12.2. The van der Waals surface area contributed by atoms with Gasteiger partial charge in [0, 0.05) is 18.8 Å². The van der Waals surface area contributed by atoms with Crippen LogP contribution < -0.4 is 5.32 Å². The van der Waals surface area contributed by atoms with Gasteiger partial charge in [-0.3, -0.25) is 14.7 Å². The number of carbonyl (C=O) groups excluding carboxylic acids is 1. The molecule has 0 unspecified atom stereocenters. The molecular formula is C17H18N6O2. The lowest BCUT2D eigenvalue weighted by Gasteiger charge is -2.20. The highest BCUT2D eigenvalue weighted by Crippen LogP contribution is 2.32. The number of likely N-dealkylation sites (tertiary alicyclic amines) is 1. The van der Waals surface area contributed by atoms with Crippen LogP contribution in [-0.4, -0.2) is 38.5 Å². The molecule has 1 amide bonds. The molecule has 2 fully saturated rings. The maximum Gasteiger partial charge on any atom is 0.292 e. The molecular weight excluding hydrogens is 320 g/mol. The highest BCUT2D eigenvalue weighted by atomic mass is 16.5. The zero-order chi connectivity index (χ0) is 17.2. The number of nitrogens with zero attached hydrogens (tertiary/aromatic N) is 5. The van der Waals surface area contributed by atoms with Crippen molar-refractivity contribution >= 4 is 5.91 Å². The zero-order valence-electron chi connectivity index (χ0n) is 13.7. The maximum atomic E-state index is 12.0. The van der Waals surface area contributed by atoms with E-state index in [1.54, 1.807) is 12.3 Å². The largest absolute Gasteiger partial charge is 0.346 e. The van der Waals surface area contributed by atoms with Gasteiger partial charge in [0.2, 0.25) is 5.89 Å². The highest BCUT2D eigenvalue weighted by Gasteiger charge is 2.32. The second-order valence-electron chi connectivity index (χ2n) is 6.48. The first kappa shape index (κ1) is 15.7. The van der Waals surface area contributed by atoms with Crippen molar-refractivity contribution in [3.05, 3.63) is 41.3 Å². The van der Waals surface area contributed by atoms with Crippen LogP contribution in [0.2, 0.25) is 0 Å². The molecule has 1 saturated heterocycles. The fourth-order valence-corrected chi connectivity index (χ4v) is 3.03. The van der Waals surface area contributed by atoms with Crippen LogP contribution in [0, 0.1) is 11.3 Å². The molecule has 1 saturated carbocycles. The van der Waals surface area contributed by atoms with E-state index in [0.29, 0.717) is 18.0 Å². The summed E-state index contributed by atoms with van der Waals surface area (Å²) in [7, 11) is 0. The standard InChI is InChI=1S/C17H18N6O2/c18-8-11-3-4-13(19-9-11)10-23-7-1-2-14(23)17-21-15(22-25-17)16(24)20-12-5-6-12/h3-4,9,12,14H,1-2,5-7,10H2,(H,20,24)/t14-/m1/s1. The van der Waals surface area contributed by atoms with E-state index >= 15 is 0 Å². The van der Waals surface area contributed by atoms with Crippen molar-refractivity contribution in [3.63, 3.8) is 0 Å². The van der Waals surface area contributed by atoms with Crippen LogP contribution in [0.1, 0.15) is 59.5 Å². The zero-order valence-corrected chi connectivity index (χ0v) is 13.7. The van der Waals surface area contributed by atoms with Crippen molar-refractivity contribution in [3.8, 4) is 6.07 Å². The molecule has 1 aliphatic carbocycles. The number of aromatic nitrogens is 3. The second-order valence-corrected chi connectivity index (χ2v) is 6.48. The third-order valence-electron chi connectivity index (χ3n) is 4.53. The molecule has 1 atom stereocenters. The van der Waals surface area contributed by atoms with Crippen molar-refractivity contribution in [2.45, 2.75) is 44.3 Å². The minimum absolute atomic E-state index is 0.00702. The predicted molar refractivity (Wildman–Crippen MR) is 86.1 cm³/mol. The SMILES string of the molecule is N#Cc1ccc(CN2CCC[C@@H]2c2nc(C(=O)NC3CC3)no2)nc1. The number of nitriles is 1. The Morgan fingerprint density at radius 2 is 2.28 bits per heavy atom. The number of nitrogens with one attached hydrogen (secondary N) is 1. The molecule has 2 aromatic heterocycles. The molecule has 2 aromatic rings. The van der Waals surface area contributed by atoms with E-state index in [1.165, 1.54) is 0 Å². The second kappa shape index (κ2) is 6.61. The van der Waals surface area contributed by atoms with Gasteiger partial charge < -0.3 is 9.84 Å². The Balaban J connectivity index is 1.44. The summed E-state index contributed by atoms with van der Waals surface area (Å²) < 4.78 is 5.35. The number of rotatable bonds is 5. The van der Waals surface area contributed by atoms with Gasteiger partial charge in [-0.1, -0.05) is 5.16 Å². The molecule has 25 heavy (non-hydrogen) atoms. The minimum Gasteiger partial charge on any atom is -0.346 e. The smallest absolute Gasteiger partial charge is 0.292 e. The maximum absolute atomic E-state index is 12.0. The molecule has 2 aliphatic rings. The van der Waals surface area contributed by atoms with Crippen molar-refractivity contribution in [1.82, 2.24) is 25.3 Å². The van der Waals surface area contributed by atoms with E-state index in [1.807, 2.05) is 6.07 Å². The van der Waals surface area contributed by atoms with Crippen LogP contribution in [0.15, 0.2) is 22.9 Å². The van der Waals surface area contributed by atoms with Gasteiger partial charge in [0.1, 0.15) is 6.07 Å². The van der Waals surface area contributed by atoms with E-state index in [2.05, 4.69) is 31.4 Å². The number of carbonyl (C=O) groups is 1. The topological polar surface area (TPSA) is 108 Å². The first-order valence-electron chi connectivity index (χ1n) is 8.46. The van der Waals surface area contributed by atoms with Crippen molar-refractivity contribution < 1.29 is 9.32 Å².